The van der Waals surface area contributed by atoms with Gasteiger partial charge in [0.05, 0.1) is 0 Å². The topological polar surface area (TPSA) is 75.3 Å². The zero-order chi connectivity index (χ0) is 27.2. The highest BCUT2D eigenvalue weighted by atomic mass is 16.2. The molecule has 4 aromatic rings. The van der Waals surface area contributed by atoms with Gasteiger partial charge in [0, 0.05) is 35.3 Å². The molecule has 0 fully saturated rings. The van der Waals surface area contributed by atoms with E-state index in [0.29, 0.717) is 35.3 Å². The van der Waals surface area contributed by atoms with Crippen LogP contribution >= 0.6 is 0 Å². The number of nitrogens with one attached hydrogen (secondary N) is 2. The molecule has 0 aromatic heterocycles. The molecule has 0 aliphatic carbocycles. The molecule has 0 radical (unpaired) electrons. The number of ketones is 1. The zero-order valence-corrected chi connectivity index (χ0v) is 21.9. The average Bonchev–Trinajstić information content (AvgIpc) is 2.99. The van der Waals surface area contributed by atoms with Gasteiger partial charge in [-0.25, -0.2) is 0 Å². The molecule has 4 aromatic carbocycles. The second kappa shape index (κ2) is 14.9. The Morgan fingerprint density at radius 3 is 1.13 bits per heavy atom. The normalized spacial score (nSPS) is 10.1. The highest BCUT2D eigenvalue weighted by Crippen LogP contribution is 2.13. The minimum Gasteiger partial charge on any atom is -0.352 e. The predicted molar refractivity (Wildman–Crippen MR) is 153 cm³/mol. The summed E-state index contributed by atoms with van der Waals surface area (Å²) < 4.78 is 0. The van der Waals surface area contributed by atoms with Gasteiger partial charge in [0.15, 0.2) is 5.78 Å². The van der Waals surface area contributed by atoms with E-state index in [1.54, 1.807) is 48.5 Å². The van der Waals surface area contributed by atoms with Crippen LogP contribution < -0.4 is 10.6 Å². The molecule has 0 atom stereocenters. The summed E-state index contributed by atoms with van der Waals surface area (Å²) in [4.78, 5) is 37.7. The van der Waals surface area contributed by atoms with Gasteiger partial charge in [-0.15, -0.1) is 0 Å². The molecule has 0 spiro atoms. The van der Waals surface area contributed by atoms with Crippen LogP contribution in [-0.2, 0) is 12.8 Å². The summed E-state index contributed by atoms with van der Waals surface area (Å²) in [6.45, 7) is 5.07. The highest BCUT2D eigenvalue weighted by molar-refractivity contribution is 6.10. The third kappa shape index (κ3) is 8.27. The smallest absolute Gasteiger partial charge is 0.251 e. The van der Waals surface area contributed by atoms with Crippen molar-refractivity contribution in [3.63, 3.8) is 0 Å². The molecule has 0 saturated heterocycles. The second-order valence-corrected chi connectivity index (χ2v) is 8.47. The minimum absolute atomic E-state index is 0.165. The molecule has 0 unspecified atom stereocenters. The molecule has 194 valence electrons. The van der Waals surface area contributed by atoms with E-state index in [2.05, 4.69) is 10.6 Å². The van der Waals surface area contributed by atoms with Gasteiger partial charge < -0.3 is 10.6 Å². The maximum Gasteiger partial charge on any atom is 0.251 e. The van der Waals surface area contributed by atoms with Gasteiger partial charge in [-0.1, -0.05) is 98.8 Å². The van der Waals surface area contributed by atoms with Crippen LogP contribution in [-0.4, -0.2) is 30.7 Å². The molecule has 5 heteroatoms. The SMILES string of the molecule is CC.O=C(NCCc1ccccc1)c1ccc(C(=O)c2ccc(C(=O)NCCc3ccccc3)cc2)cc1. The monoisotopic (exact) mass is 506 g/mol. The Hall–Kier alpha value is -4.51. The Labute approximate surface area is 224 Å². The number of hydrogen-bond acceptors (Lipinski definition) is 3. The van der Waals surface area contributed by atoms with Crippen molar-refractivity contribution in [2.24, 2.45) is 0 Å². The molecule has 2 N–H and O–H groups in total. The lowest BCUT2D eigenvalue weighted by atomic mass is 10.0. The predicted octanol–water partition coefficient (Wildman–Crippen LogP) is 5.89. The largest absolute Gasteiger partial charge is 0.352 e. The molecule has 0 bridgehead atoms. The van der Waals surface area contributed by atoms with Crippen molar-refractivity contribution < 1.29 is 14.4 Å². The minimum atomic E-state index is -0.174. The standard InChI is InChI=1S/C31H28N2O3.C2H6/c34-29(25-11-15-27(16-12-25)30(35)32-21-19-23-7-3-1-4-8-23)26-13-17-28(18-14-26)31(36)33-22-20-24-9-5-2-6-10-24;1-2/h1-18H,19-22H2,(H,32,35)(H,33,36);1-2H3. The first-order chi connectivity index (χ1) is 18.6. The van der Waals surface area contributed by atoms with Crippen molar-refractivity contribution in [3.05, 3.63) is 143 Å². The van der Waals surface area contributed by atoms with Crippen LogP contribution in [0.1, 0.15) is 61.6 Å². The van der Waals surface area contributed by atoms with Crippen LogP contribution in [0.3, 0.4) is 0 Å². The van der Waals surface area contributed by atoms with E-state index in [-0.39, 0.29) is 17.6 Å². The Morgan fingerprint density at radius 1 is 0.474 bits per heavy atom. The summed E-state index contributed by atoms with van der Waals surface area (Å²) in [6, 6.07) is 33.1. The summed E-state index contributed by atoms with van der Waals surface area (Å²) in [6.07, 6.45) is 1.51. The third-order valence-corrected chi connectivity index (χ3v) is 5.90. The first-order valence-electron chi connectivity index (χ1n) is 13.0. The fourth-order valence-corrected chi connectivity index (χ4v) is 3.85. The Balaban J connectivity index is 0.00000195. The van der Waals surface area contributed by atoms with Crippen LogP contribution in [0.25, 0.3) is 0 Å². The van der Waals surface area contributed by atoms with E-state index in [1.165, 1.54) is 0 Å². The molecule has 0 aliphatic rings. The van der Waals surface area contributed by atoms with E-state index < -0.39 is 0 Å². The summed E-state index contributed by atoms with van der Waals surface area (Å²) >= 11 is 0. The first-order valence-corrected chi connectivity index (χ1v) is 13.0. The van der Waals surface area contributed by atoms with Crippen LogP contribution in [0.15, 0.2) is 109 Å². The lowest BCUT2D eigenvalue weighted by Crippen LogP contribution is -2.25. The van der Waals surface area contributed by atoms with E-state index in [4.69, 9.17) is 0 Å². The van der Waals surface area contributed by atoms with Crippen molar-refractivity contribution in [3.8, 4) is 0 Å². The first kappa shape index (κ1) is 28.1. The number of carbonyl (C=O) groups excluding carboxylic acids is 3. The quantitative estimate of drug-likeness (QED) is 0.264. The van der Waals surface area contributed by atoms with Crippen molar-refractivity contribution in [1.82, 2.24) is 10.6 Å². The highest BCUT2D eigenvalue weighted by Gasteiger charge is 2.12. The average molecular weight is 507 g/mol. The maximum atomic E-state index is 12.9. The van der Waals surface area contributed by atoms with E-state index >= 15 is 0 Å². The van der Waals surface area contributed by atoms with Crippen LogP contribution in [0.4, 0.5) is 0 Å². The summed E-state index contributed by atoms with van der Waals surface area (Å²) in [5.74, 6) is -0.512. The summed E-state index contributed by atoms with van der Waals surface area (Å²) in [5, 5.41) is 5.81. The van der Waals surface area contributed by atoms with Gasteiger partial charge in [-0.05, 0) is 48.2 Å². The Bertz CT molecular complexity index is 1200. The lowest BCUT2D eigenvalue weighted by Gasteiger charge is -2.08. The van der Waals surface area contributed by atoms with Crippen LogP contribution in [0.2, 0.25) is 0 Å². The molecule has 4 rings (SSSR count). The van der Waals surface area contributed by atoms with E-state index in [9.17, 15) is 14.4 Å². The van der Waals surface area contributed by atoms with Gasteiger partial charge in [-0.3, -0.25) is 14.4 Å². The number of benzene rings is 4. The van der Waals surface area contributed by atoms with Gasteiger partial charge in [0.2, 0.25) is 0 Å². The fraction of sp³-hybridized carbons (Fsp3) is 0.182. The van der Waals surface area contributed by atoms with E-state index in [0.717, 1.165) is 24.0 Å². The molecule has 0 aliphatic heterocycles. The Morgan fingerprint density at radius 2 is 0.789 bits per heavy atom. The molecule has 0 heterocycles. The molecule has 5 nitrogen and oxygen atoms in total. The number of amides is 2. The maximum absolute atomic E-state index is 12.9. The van der Waals surface area contributed by atoms with Gasteiger partial charge in [0.25, 0.3) is 11.8 Å². The summed E-state index contributed by atoms with van der Waals surface area (Å²) in [5.41, 5.74) is 4.29. The van der Waals surface area contributed by atoms with Crippen molar-refractivity contribution >= 4 is 17.6 Å². The Kier molecular flexibility index (Phi) is 11.0. The number of rotatable bonds is 10. The molecule has 0 saturated carbocycles. The van der Waals surface area contributed by atoms with Crippen LogP contribution in [0.5, 0.6) is 0 Å². The number of carbonyl (C=O) groups is 3. The molecule has 2 amide bonds. The van der Waals surface area contributed by atoms with Crippen molar-refractivity contribution in [2.45, 2.75) is 26.7 Å². The summed E-state index contributed by atoms with van der Waals surface area (Å²) in [7, 11) is 0. The van der Waals surface area contributed by atoms with Gasteiger partial charge >= 0.3 is 0 Å². The third-order valence-electron chi connectivity index (χ3n) is 5.90. The zero-order valence-electron chi connectivity index (χ0n) is 21.9. The van der Waals surface area contributed by atoms with Crippen LogP contribution in [0, 0.1) is 0 Å². The van der Waals surface area contributed by atoms with Crippen molar-refractivity contribution in [1.29, 1.82) is 0 Å². The van der Waals surface area contributed by atoms with E-state index in [1.807, 2.05) is 74.5 Å². The molecular formula is C33H34N2O3. The molecular weight excluding hydrogens is 472 g/mol. The second-order valence-electron chi connectivity index (χ2n) is 8.47. The molecule has 38 heavy (non-hydrogen) atoms. The van der Waals surface area contributed by atoms with Crippen molar-refractivity contribution in [2.75, 3.05) is 13.1 Å². The van der Waals surface area contributed by atoms with Gasteiger partial charge in [0.1, 0.15) is 0 Å². The van der Waals surface area contributed by atoms with Gasteiger partial charge in [-0.2, -0.15) is 0 Å². The lowest BCUT2D eigenvalue weighted by molar-refractivity contribution is 0.0946. The number of hydrogen-bond donors (Lipinski definition) is 2. The fourth-order valence-electron chi connectivity index (χ4n) is 3.85.